The van der Waals surface area contributed by atoms with Crippen molar-refractivity contribution in [2.75, 3.05) is 18.6 Å². The lowest BCUT2D eigenvalue weighted by Crippen LogP contribution is -2.37. The van der Waals surface area contributed by atoms with Gasteiger partial charge in [0.2, 0.25) is 5.91 Å². The molecule has 3 rings (SSSR count). The van der Waals surface area contributed by atoms with Gasteiger partial charge in [0.1, 0.15) is 5.75 Å². The van der Waals surface area contributed by atoms with Crippen molar-refractivity contribution >= 4 is 33.4 Å². The fourth-order valence-electron chi connectivity index (χ4n) is 2.53. The number of nitrogens with one attached hydrogen (secondary N) is 1. The van der Waals surface area contributed by atoms with Crippen LogP contribution in [0.4, 0.5) is 5.69 Å². The summed E-state index contributed by atoms with van der Waals surface area (Å²) >= 11 is 3.16. The second-order valence-electron chi connectivity index (χ2n) is 5.18. The molecule has 6 nitrogen and oxygen atoms in total. The molecule has 1 fully saturated rings. The van der Waals surface area contributed by atoms with E-state index in [4.69, 9.17) is 9.15 Å². The predicted molar refractivity (Wildman–Crippen MR) is 87.6 cm³/mol. The summed E-state index contributed by atoms with van der Waals surface area (Å²) in [5.41, 5.74) is 0.756. The molecule has 23 heavy (non-hydrogen) atoms. The third-order valence-electron chi connectivity index (χ3n) is 3.62. The minimum atomic E-state index is -0.332. The Morgan fingerprint density at radius 2 is 2.22 bits per heavy atom. The average molecular weight is 379 g/mol. The third-order valence-corrected chi connectivity index (χ3v) is 4.05. The van der Waals surface area contributed by atoms with Crippen molar-refractivity contribution in [3.05, 3.63) is 46.8 Å². The van der Waals surface area contributed by atoms with E-state index in [1.807, 2.05) is 18.2 Å². The molecule has 0 saturated carbocycles. The van der Waals surface area contributed by atoms with Gasteiger partial charge in [-0.15, -0.1) is 0 Å². The number of hydrogen-bond donors (Lipinski definition) is 1. The Morgan fingerprint density at radius 1 is 1.39 bits per heavy atom. The van der Waals surface area contributed by atoms with Crippen LogP contribution >= 0.6 is 15.9 Å². The van der Waals surface area contributed by atoms with E-state index in [-0.39, 0.29) is 30.0 Å². The van der Waals surface area contributed by atoms with Crippen LogP contribution in [0.3, 0.4) is 0 Å². The fraction of sp³-hybridized carbons (Fsp3) is 0.250. The number of methoxy groups -OCH3 is 1. The van der Waals surface area contributed by atoms with Crippen LogP contribution in [0.2, 0.25) is 0 Å². The van der Waals surface area contributed by atoms with Crippen molar-refractivity contribution in [2.45, 2.75) is 12.5 Å². The Labute approximate surface area is 141 Å². The average Bonchev–Trinajstić information content (AvgIpc) is 3.13. The van der Waals surface area contributed by atoms with Gasteiger partial charge >= 0.3 is 0 Å². The lowest BCUT2D eigenvalue weighted by Gasteiger charge is -2.17. The van der Waals surface area contributed by atoms with Gasteiger partial charge in [-0.05, 0) is 40.2 Å². The van der Waals surface area contributed by atoms with Gasteiger partial charge in [0, 0.05) is 24.7 Å². The molecule has 1 aromatic carbocycles. The maximum Gasteiger partial charge on any atom is 0.287 e. The van der Waals surface area contributed by atoms with Crippen molar-refractivity contribution in [1.29, 1.82) is 0 Å². The minimum Gasteiger partial charge on any atom is -0.497 e. The molecule has 1 atom stereocenters. The Balaban J connectivity index is 1.68. The van der Waals surface area contributed by atoms with Gasteiger partial charge in [-0.3, -0.25) is 9.59 Å². The fourth-order valence-corrected chi connectivity index (χ4v) is 2.83. The molecule has 2 aromatic rings. The van der Waals surface area contributed by atoms with Gasteiger partial charge in [0.05, 0.1) is 13.2 Å². The molecular formula is C16H15BrN2O4. The second-order valence-corrected chi connectivity index (χ2v) is 5.97. The van der Waals surface area contributed by atoms with Gasteiger partial charge in [-0.1, -0.05) is 6.07 Å². The SMILES string of the molecule is COc1cccc(N2C[C@H](NC(=O)c3ccc(Br)o3)CC2=O)c1. The van der Waals surface area contributed by atoms with Crippen molar-refractivity contribution in [2.24, 2.45) is 0 Å². The molecule has 1 aliphatic heterocycles. The first-order chi connectivity index (χ1) is 11.1. The summed E-state index contributed by atoms with van der Waals surface area (Å²) in [5.74, 6) is 0.526. The first-order valence-electron chi connectivity index (χ1n) is 7.07. The van der Waals surface area contributed by atoms with E-state index in [0.717, 1.165) is 5.69 Å². The molecule has 0 spiro atoms. The highest BCUT2D eigenvalue weighted by atomic mass is 79.9. The minimum absolute atomic E-state index is 0.0378. The summed E-state index contributed by atoms with van der Waals surface area (Å²) in [6.45, 7) is 0.416. The smallest absolute Gasteiger partial charge is 0.287 e. The highest BCUT2D eigenvalue weighted by Crippen LogP contribution is 2.25. The van der Waals surface area contributed by atoms with E-state index >= 15 is 0 Å². The van der Waals surface area contributed by atoms with Crippen LogP contribution in [0.5, 0.6) is 5.75 Å². The van der Waals surface area contributed by atoms with Crippen molar-refractivity contribution < 1.29 is 18.7 Å². The molecule has 2 heterocycles. The molecule has 0 radical (unpaired) electrons. The van der Waals surface area contributed by atoms with Crippen LogP contribution in [0.1, 0.15) is 17.0 Å². The Bertz CT molecular complexity index is 743. The van der Waals surface area contributed by atoms with Crippen molar-refractivity contribution in [3.8, 4) is 5.75 Å². The number of benzene rings is 1. The van der Waals surface area contributed by atoms with E-state index in [1.54, 1.807) is 30.2 Å². The second kappa shape index (κ2) is 6.45. The van der Waals surface area contributed by atoms with E-state index in [2.05, 4.69) is 21.2 Å². The van der Waals surface area contributed by atoms with Gasteiger partial charge in [-0.25, -0.2) is 0 Å². The molecule has 1 aromatic heterocycles. The molecular weight excluding hydrogens is 364 g/mol. The van der Waals surface area contributed by atoms with Crippen LogP contribution in [-0.4, -0.2) is 31.5 Å². The van der Waals surface area contributed by atoms with E-state index in [9.17, 15) is 9.59 Å². The van der Waals surface area contributed by atoms with Crippen molar-refractivity contribution in [1.82, 2.24) is 5.32 Å². The lowest BCUT2D eigenvalue weighted by molar-refractivity contribution is -0.117. The van der Waals surface area contributed by atoms with Gasteiger partial charge in [-0.2, -0.15) is 0 Å². The van der Waals surface area contributed by atoms with Gasteiger partial charge in [0.15, 0.2) is 10.4 Å². The molecule has 0 unspecified atom stereocenters. The molecule has 7 heteroatoms. The van der Waals surface area contributed by atoms with E-state index < -0.39 is 0 Å². The van der Waals surface area contributed by atoms with Crippen LogP contribution in [0.15, 0.2) is 45.5 Å². The Kier molecular flexibility index (Phi) is 4.38. The quantitative estimate of drug-likeness (QED) is 0.887. The zero-order chi connectivity index (χ0) is 16.4. The zero-order valence-corrected chi connectivity index (χ0v) is 14.0. The first-order valence-corrected chi connectivity index (χ1v) is 7.87. The largest absolute Gasteiger partial charge is 0.497 e. The molecule has 0 bridgehead atoms. The van der Waals surface area contributed by atoms with Crippen LogP contribution in [0, 0.1) is 0 Å². The maximum absolute atomic E-state index is 12.2. The number of amides is 2. The molecule has 120 valence electrons. The normalized spacial score (nSPS) is 17.4. The zero-order valence-electron chi connectivity index (χ0n) is 12.4. The van der Waals surface area contributed by atoms with E-state index in [1.165, 1.54) is 0 Å². The number of ether oxygens (including phenoxy) is 1. The summed E-state index contributed by atoms with van der Waals surface area (Å²) in [4.78, 5) is 25.9. The maximum atomic E-state index is 12.2. The number of rotatable bonds is 4. The van der Waals surface area contributed by atoms with Gasteiger partial charge < -0.3 is 19.4 Å². The van der Waals surface area contributed by atoms with Crippen LogP contribution < -0.4 is 15.0 Å². The number of hydrogen-bond acceptors (Lipinski definition) is 4. The third kappa shape index (κ3) is 3.39. The highest BCUT2D eigenvalue weighted by molar-refractivity contribution is 9.10. The van der Waals surface area contributed by atoms with E-state index in [0.29, 0.717) is 17.0 Å². The summed E-state index contributed by atoms with van der Waals surface area (Å²) in [5, 5.41) is 2.82. The number of nitrogens with zero attached hydrogens (tertiary/aromatic N) is 1. The summed E-state index contributed by atoms with van der Waals surface area (Å²) in [7, 11) is 1.58. The van der Waals surface area contributed by atoms with Crippen LogP contribution in [-0.2, 0) is 4.79 Å². The van der Waals surface area contributed by atoms with Gasteiger partial charge in [0.25, 0.3) is 5.91 Å². The first kappa shape index (κ1) is 15.6. The summed E-state index contributed by atoms with van der Waals surface area (Å²) in [6, 6.07) is 10.3. The standard InChI is InChI=1S/C16H15BrN2O4/c1-22-12-4-2-3-11(8-12)19-9-10(7-15(19)20)18-16(21)13-5-6-14(17)23-13/h2-6,8,10H,7,9H2,1H3,(H,18,21)/t10-/m1/s1. The Morgan fingerprint density at radius 3 is 2.91 bits per heavy atom. The number of carbonyl (C=O) groups is 2. The van der Waals surface area contributed by atoms with Crippen LogP contribution in [0.25, 0.3) is 0 Å². The molecule has 1 aliphatic rings. The number of furan rings is 1. The molecule has 0 aliphatic carbocycles. The lowest BCUT2D eigenvalue weighted by atomic mass is 10.2. The number of carbonyl (C=O) groups excluding carboxylic acids is 2. The van der Waals surface area contributed by atoms with Crippen molar-refractivity contribution in [3.63, 3.8) is 0 Å². The predicted octanol–water partition coefficient (Wildman–Crippen LogP) is 2.59. The summed E-state index contributed by atoms with van der Waals surface area (Å²) in [6.07, 6.45) is 0.255. The Hall–Kier alpha value is -2.28. The highest BCUT2D eigenvalue weighted by Gasteiger charge is 2.32. The topological polar surface area (TPSA) is 71.8 Å². The number of anilines is 1. The molecule has 2 amide bonds. The molecule has 1 N–H and O–H groups in total. The molecule has 1 saturated heterocycles. The number of halogens is 1. The summed E-state index contributed by atoms with van der Waals surface area (Å²) < 4.78 is 10.9. The monoisotopic (exact) mass is 378 g/mol.